The molecule has 0 aromatic heterocycles. The van der Waals surface area contributed by atoms with Crippen molar-refractivity contribution in [3.05, 3.63) is 29.8 Å². The van der Waals surface area contributed by atoms with E-state index in [-0.39, 0.29) is 18.2 Å². The molecule has 16 heavy (non-hydrogen) atoms. The Morgan fingerprint density at radius 2 is 1.81 bits per heavy atom. The average Bonchev–Trinajstić information content (AvgIpc) is 2.27. The lowest BCUT2D eigenvalue weighted by Crippen LogP contribution is -2.09. The van der Waals surface area contributed by atoms with Crippen LogP contribution >= 0.6 is 0 Å². The van der Waals surface area contributed by atoms with E-state index >= 15 is 0 Å². The molecule has 0 amide bonds. The van der Waals surface area contributed by atoms with Crippen molar-refractivity contribution in [3.8, 4) is 5.75 Å². The zero-order chi connectivity index (χ0) is 12.0. The minimum absolute atomic E-state index is 0.0767. The number of ether oxygens (including phenoxy) is 1. The van der Waals surface area contributed by atoms with Crippen LogP contribution in [0.3, 0.4) is 0 Å². The van der Waals surface area contributed by atoms with Crippen LogP contribution in [0.5, 0.6) is 5.75 Å². The molecule has 0 aliphatic carbocycles. The van der Waals surface area contributed by atoms with E-state index in [9.17, 15) is 9.59 Å². The lowest BCUT2D eigenvalue weighted by Gasteiger charge is -2.05. The number of hydrogen-bond donors (Lipinski definition) is 0. The van der Waals surface area contributed by atoms with Gasteiger partial charge in [-0.25, -0.2) is 0 Å². The molecule has 0 N–H and O–H groups in total. The van der Waals surface area contributed by atoms with Gasteiger partial charge in [-0.3, -0.25) is 9.59 Å². The van der Waals surface area contributed by atoms with Crippen LogP contribution in [0.2, 0.25) is 0 Å². The van der Waals surface area contributed by atoms with E-state index < -0.39 is 0 Å². The summed E-state index contributed by atoms with van der Waals surface area (Å²) in [7, 11) is 0. The van der Waals surface area contributed by atoms with Crippen LogP contribution in [0.25, 0.3) is 0 Å². The van der Waals surface area contributed by atoms with Crippen molar-refractivity contribution in [1.29, 1.82) is 0 Å². The summed E-state index contributed by atoms with van der Waals surface area (Å²) in [4.78, 5) is 21.9. The molecular weight excluding hydrogens is 204 g/mol. The third-order valence-corrected chi connectivity index (χ3v) is 2.17. The smallest absolute Gasteiger partial charge is 0.169 e. The number of ketones is 2. The van der Waals surface area contributed by atoms with Gasteiger partial charge in [-0.1, -0.05) is 19.1 Å². The highest BCUT2D eigenvalue weighted by atomic mass is 16.5. The molecule has 3 heteroatoms. The standard InChI is InChI=1S/C13H16O3/c1-3-12(15)9-16-13-6-4-11(5-7-13)8-10(2)14/h4-7H,3,8-9H2,1-2H3. The normalized spacial score (nSPS) is 9.88. The second-order valence-electron chi connectivity index (χ2n) is 3.70. The van der Waals surface area contributed by atoms with Gasteiger partial charge in [0.15, 0.2) is 5.78 Å². The summed E-state index contributed by atoms with van der Waals surface area (Å²) < 4.78 is 5.28. The molecule has 0 saturated carbocycles. The Hall–Kier alpha value is -1.64. The maximum Gasteiger partial charge on any atom is 0.169 e. The fraction of sp³-hybridized carbons (Fsp3) is 0.385. The number of Topliss-reactive ketones (excluding diaryl/α,β-unsaturated/α-hetero) is 2. The summed E-state index contributed by atoms with van der Waals surface area (Å²) in [6, 6.07) is 7.24. The number of hydrogen-bond acceptors (Lipinski definition) is 3. The van der Waals surface area contributed by atoms with Crippen molar-refractivity contribution in [3.63, 3.8) is 0 Å². The molecular formula is C13H16O3. The van der Waals surface area contributed by atoms with E-state index in [1.165, 1.54) is 0 Å². The van der Waals surface area contributed by atoms with Crippen molar-refractivity contribution < 1.29 is 14.3 Å². The SMILES string of the molecule is CCC(=O)COc1ccc(CC(C)=O)cc1. The molecule has 1 aromatic rings. The fourth-order valence-corrected chi connectivity index (χ4v) is 1.26. The first-order valence-corrected chi connectivity index (χ1v) is 5.34. The van der Waals surface area contributed by atoms with E-state index in [0.29, 0.717) is 18.6 Å². The van der Waals surface area contributed by atoms with E-state index in [4.69, 9.17) is 4.74 Å². The predicted octanol–water partition coefficient (Wildman–Crippen LogP) is 2.18. The Labute approximate surface area is 95.4 Å². The summed E-state index contributed by atoms with van der Waals surface area (Å²) in [6.07, 6.45) is 0.927. The number of benzene rings is 1. The number of carbonyl (C=O) groups excluding carboxylic acids is 2. The predicted molar refractivity (Wildman–Crippen MR) is 61.6 cm³/mol. The van der Waals surface area contributed by atoms with Gasteiger partial charge in [0, 0.05) is 12.8 Å². The molecule has 0 aliphatic heterocycles. The van der Waals surface area contributed by atoms with E-state index in [1.807, 2.05) is 19.1 Å². The van der Waals surface area contributed by atoms with Gasteiger partial charge in [-0.15, -0.1) is 0 Å². The van der Waals surface area contributed by atoms with Crippen molar-refractivity contribution in [2.75, 3.05) is 6.61 Å². The minimum Gasteiger partial charge on any atom is -0.486 e. The summed E-state index contributed by atoms with van der Waals surface area (Å²) in [6.45, 7) is 3.48. The van der Waals surface area contributed by atoms with Gasteiger partial charge >= 0.3 is 0 Å². The first kappa shape index (κ1) is 12.4. The van der Waals surface area contributed by atoms with Crippen LogP contribution in [-0.2, 0) is 16.0 Å². The van der Waals surface area contributed by atoms with Crippen molar-refractivity contribution in [2.45, 2.75) is 26.7 Å². The van der Waals surface area contributed by atoms with E-state index in [2.05, 4.69) is 0 Å². The quantitative estimate of drug-likeness (QED) is 0.738. The number of carbonyl (C=O) groups is 2. The molecule has 0 fully saturated rings. The second-order valence-corrected chi connectivity index (χ2v) is 3.70. The molecule has 0 aliphatic rings. The third-order valence-electron chi connectivity index (χ3n) is 2.17. The largest absolute Gasteiger partial charge is 0.486 e. The highest BCUT2D eigenvalue weighted by Gasteiger charge is 2.01. The highest BCUT2D eigenvalue weighted by Crippen LogP contribution is 2.12. The monoisotopic (exact) mass is 220 g/mol. The van der Waals surface area contributed by atoms with Crippen LogP contribution in [0.15, 0.2) is 24.3 Å². The molecule has 86 valence electrons. The maximum absolute atomic E-state index is 11.0. The fourth-order valence-electron chi connectivity index (χ4n) is 1.26. The molecule has 0 heterocycles. The van der Waals surface area contributed by atoms with E-state index in [0.717, 1.165) is 5.56 Å². The molecule has 0 atom stereocenters. The van der Waals surface area contributed by atoms with Crippen molar-refractivity contribution >= 4 is 11.6 Å². The maximum atomic E-state index is 11.0. The zero-order valence-electron chi connectivity index (χ0n) is 9.66. The first-order chi connectivity index (χ1) is 7.61. The lowest BCUT2D eigenvalue weighted by molar-refractivity contribution is -0.120. The summed E-state index contributed by atoms with van der Waals surface area (Å²) in [5.41, 5.74) is 0.960. The molecule has 0 spiro atoms. The highest BCUT2D eigenvalue weighted by molar-refractivity contribution is 5.79. The summed E-state index contributed by atoms with van der Waals surface area (Å²) in [5.74, 6) is 0.872. The van der Waals surface area contributed by atoms with Gasteiger partial charge in [0.1, 0.15) is 18.1 Å². The topological polar surface area (TPSA) is 43.4 Å². The molecule has 1 rings (SSSR count). The summed E-state index contributed by atoms with van der Waals surface area (Å²) >= 11 is 0. The average molecular weight is 220 g/mol. The molecule has 0 unspecified atom stereocenters. The van der Waals surface area contributed by atoms with Crippen molar-refractivity contribution in [2.24, 2.45) is 0 Å². The lowest BCUT2D eigenvalue weighted by atomic mass is 10.1. The molecule has 0 radical (unpaired) electrons. The van der Waals surface area contributed by atoms with Crippen LogP contribution in [-0.4, -0.2) is 18.2 Å². The third kappa shape index (κ3) is 4.26. The van der Waals surface area contributed by atoms with Gasteiger partial charge in [0.25, 0.3) is 0 Å². The Morgan fingerprint density at radius 3 is 2.31 bits per heavy atom. The molecule has 3 nitrogen and oxygen atoms in total. The minimum atomic E-state index is 0.0767. The van der Waals surface area contributed by atoms with Gasteiger partial charge in [0.2, 0.25) is 0 Å². The second kappa shape index (κ2) is 6.05. The van der Waals surface area contributed by atoms with Crippen LogP contribution in [0.4, 0.5) is 0 Å². The van der Waals surface area contributed by atoms with Crippen LogP contribution in [0, 0.1) is 0 Å². The Morgan fingerprint density at radius 1 is 1.19 bits per heavy atom. The van der Waals surface area contributed by atoms with Crippen LogP contribution < -0.4 is 4.74 Å². The van der Waals surface area contributed by atoms with Gasteiger partial charge in [-0.05, 0) is 24.6 Å². The Bertz CT molecular complexity index is 365. The molecule has 1 aromatic carbocycles. The summed E-state index contributed by atoms with van der Waals surface area (Å²) in [5, 5.41) is 0. The molecule has 0 bridgehead atoms. The van der Waals surface area contributed by atoms with Gasteiger partial charge in [0.05, 0.1) is 0 Å². The van der Waals surface area contributed by atoms with Gasteiger partial charge in [-0.2, -0.15) is 0 Å². The molecule has 0 saturated heterocycles. The van der Waals surface area contributed by atoms with Crippen molar-refractivity contribution in [1.82, 2.24) is 0 Å². The Balaban J connectivity index is 2.51. The Kier molecular flexibility index (Phi) is 4.70. The first-order valence-electron chi connectivity index (χ1n) is 5.34. The van der Waals surface area contributed by atoms with Crippen LogP contribution in [0.1, 0.15) is 25.8 Å². The number of rotatable bonds is 6. The van der Waals surface area contributed by atoms with Gasteiger partial charge < -0.3 is 4.74 Å². The zero-order valence-corrected chi connectivity index (χ0v) is 9.66. The van der Waals surface area contributed by atoms with E-state index in [1.54, 1.807) is 19.1 Å².